The summed E-state index contributed by atoms with van der Waals surface area (Å²) in [7, 11) is 0. The molecule has 3 rings (SSSR count). The summed E-state index contributed by atoms with van der Waals surface area (Å²) in [6, 6.07) is 4.23. The van der Waals surface area contributed by atoms with Crippen molar-refractivity contribution in [2.45, 2.75) is 31.3 Å². The number of hydrogen-bond donors (Lipinski definition) is 1. The molecule has 0 saturated heterocycles. The highest BCUT2D eigenvalue weighted by atomic mass is 32.2. The Morgan fingerprint density at radius 1 is 1.32 bits per heavy atom. The van der Waals surface area contributed by atoms with Crippen molar-refractivity contribution in [3.63, 3.8) is 0 Å². The zero-order valence-electron chi connectivity index (χ0n) is 11.0. The van der Waals surface area contributed by atoms with Crippen LogP contribution < -0.4 is 5.32 Å². The lowest BCUT2D eigenvalue weighted by molar-refractivity contribution is 0.910. The van der Waals surface area contributed by atoms with Crippen molar-refractivity contribution in [3.8, 4) is 0 Å². The highest BCUT2D eigenvalue weighted by molar-refractivity contribution is 7.98. The molecule has 0 atom stereocenters. The minimum Gasteiger partial charge on any atom is -0.370 e. The fourth-order valence-electron chi connectivity index (χ4n) is 2.14. The van der Waals surface area contributed by atoms with Crippen molar-refractivity contribution < 1.29 is 0 Å². The van der Waals surface area contributed by atoms with Gasteiger partial charge in [0.15, 0.2) is 0 Å². The summed E-state index contributed by atoms with van der Waals surface area (Å²) in [5, 5.41) is 5.56. The van der Waals surface area contributed by atoms with Crippen molar-refractivity contribution in [3.05, 3.63) is 39.5 Å². The Hall–Kier alpha value is -1.07. The molecule has 0 saturated carbocycles. The summed E-state index contributed by atoms with van der Waals surface area (Å²) in [6.07, 6.45) is 1.96. The van der Waals surface area contributed by atoms with Crippen LogP contribution >= 0.6 is 23.1 Å². The summed E-state index contributed by atoms with van der Waals surface area (Å²) in [6.45, 7) is 3.16. The van der Waals surface area contributed by atoms with Gasteiger partial charge in [-0.25, -0.2) is 9.97 Å². The number of aromatic nitrogens is 2. The number of anilines is 1. The largest absolute Gasteiger partial charge is 0.370 e. The smallest absolute Gasteiger partial charge is 0.136 e. The van der Waals surface area contributed by atoms with E-state index in [-0.39, 0.29) is 0 Å². The van der Waals surface area contributed by atoms with Crippen LogP contribution in [0.25, 0.3) is 0 Å². The van der Waals surface area contributed by atoms with E-state index in [2.05, 4.69) is 29.8 Å². The maximum absolute atomic E-state index is 4.73. The van der Waals surface area contributed by atoms with E-state index >= 15 is 0 Å². The minimum atomic E-state index is 0.844. The Morgan fingerprint density at radius 2 is 2.26 bits per heavy atom. The molecule has 0 unspecified atom stereocenters. The van der Waals surface area contributed by atoms with E-state index in [0.717, 1.165) is 42.5 Å². The third kappa shape index (κ3) is 2.92. The molecule has 0 spiro atoms. The Labute approximate surface area is 121 Å². The first kappa shape index (κ1) is 12.9. The lowest BCUT2D eigenvalue weighted by Crippen LogP contribution is -2.09. The fraction of sp³-hybridized carbons (Fsp3) is 0.429. The van der Waals surface area contributed by atoms with Crippen LogP contribution in [0.2, 0.25) is 0 Å². The molecule has 3 heterocycles. The number of nitrogens with zero attached hydrogens (tertiary/aromatic N) is 2. The molecule has 0 radical (unpaired) electrons. The molecular formula is C14H17N3S2. The lowest BCUT2D eigenvalue weighted by atomic mass is 10.2. The Balaban J connectivity index is 1.88. The molecule has 0 aromatic carbocycles. The van der Waals surface area contributed by atoms with Crippen molar-refractivity contribution >= 4 is 28.9 Å². The summed E-state index contributed by atoms with van der Waals surface area (Å²) in [5.74, 6) is 4.07. The molecule has 3 nitrogen and oxygen atoms in total. The van der Waals surface area contributed by atoms with Crippen LogP contribution in [0.3, 0.4) is 0 Å². The highest BCUT2D eigenvalue weighted by Gasteiger charge is 2.19. The molecule has 1 aliphatic rings. The van der Waals surface area contributed by atoms with Crippen molar-refractivity contribution in [2.75, 3.05) is 11.9 Å². The zero-order chi connectivity index (χ0) is 13.1. The van der Waals surface area contributed by atoms with Crippen LogP contribution in [0, 0.1) is 0 Å². The van der Waals surface area contributed by atoms with E-state index in [1.54, 1.807) is 11.3 Å². The average molecular weight is 291 g/mol. The molecule has 0 amide bonds. The molecular weight excluding hydrogens is 274 g/mol. The summed E-state index contributed by atoms with van der Waals surface area (Å²) < 4.78 is 0. The van der Waals surface area contributed by atoms with Gasteiger partial charge < -0.3 is 5.32 Å². The first-order chi connectivity index (χ1) is 9.36. The zero-order valence-corrected chi connectivity index (χ0v) is 12.6. The molecule has 5 heteroatoms. The topological polar surface area (TPSA) is 37.8 Å². The van der Waals surface area contributed by atoms with Gasteiger partial charge in [-0.3, -0.25) is 0 Å². The van der Waals surface area contributed by atoms with Gasteiger partial charge in [-0.1, -0.05) is 13.0 Å². The van der Waals surface area contributed by atoms with Gasteiger partial charge in [-0.05, 0) is 17.9 Å². The van der Waals surface area contributed by atoms with E-state index in [0.29, 0.717) is 0 Å². The fourth-order valence-corrected chi connectivity index (χ4v) is 3.88. The monoisotopic (exact) mass is 291 g/mol. The second-order valence-corrected chi connectivity index (χ2v) is 6.61. The van der Waals surface area contributed by atoms with Crippen LogP contribution in [-0.4, -0.2) is 16.5 Å². The van der Waals surface area contributed by atoms with E-state index in [9.17, 15) is 0 Å². The number of thioether (sulfide) groups is 1. The average Bonchev–Trinajstić information content (AvgIpc) is 3.06. The van der Waals surface area contributed by atoms with Gasteiger partial charge in [-0.2, -0.15) is 11.8 Å². The maximum Gasteiger partial charge on any atom is 0.136 e. The molecule has 2 aromatic heterocycles. The number of hydrogen-bond acceptors (Lipinski definition) is 5. The van der Waals surface area contributed by atoms with Crippen LogP contribution in [0.1, 0.15) is 35.3 Å². The van der Waals surface area contributed by atoms with Crippen LogP contribution in [0.15, 0.2) is 17.5 Å². The van der Waals surface area contributed by atoms with Crippen LogP contribution in [-0.2, 0) is 17.9 Å². The highest BCUT2D eigenvalue weighted by Crippen LogP contribution is 2.33. The standard InChI is InChI=1S/C14H17N3S2/c1-2-5-15-14-11-8-18-9-12(11)16-13(17-14)7-10-4-3-6-19-10/h3-4,6H,2,5,7-9H2,1H3,(H,15,16,17). The maximum atomic E-state index is 4.73. The SMILES string of the molecule is CCCNc1nc(Cc2cccs2)nc2c1CSC2. The van der Waals surface area contributed by atoms with Crippen molar-refractivity contribution in [1.29, 1.82) is 0 Å². The third-order valence-electron chi connectivity index (χ3n) is 3.08. The number of fused-ring (bicyclic) bond motifs is 1. The Morgan fingerprint density at radius 3 is 3.05 bits per heavy atom. The summed E-state index contributed by atoms with van der Waals surface area (Å²) in [4.78, 5) is 10.8. The summed E-state index contributed by atoms with van der Waals surface area (Å²) >= 11 is 3.70. The van der Waals surface area contributed by atoms with Gasteiger partial charge >= 0.3 is 0 Å². The van der Waals surface area contributed by atoms with Gasteiger partial charge in [0.25, 0.3) is 0 Å². The molecule has 0 fully saturated rings. The minimum absolute atomic E-state index is 0.844. The number of rotatable bonds is 5. The Kier molecular flexibility index (Phi) is 4.03. The molecule has 0 aliphatic carbocycles. The van der Waals surface area contributed by atoms with Gasteiger partial charge in [0.2, 0.25) is 0 Å². The van der Waals surface area contributed by atoms with Gasteiger partial charge in [0, 0.05) is 34.9 Å². The summed E-state index contributed by atoms with van der Waals surface area (Å²) in [5.41, 5.74) is 2.54. The lowest BCUT2D eigenvalue weighted by Gasteiger charge is -2.10. The van der Waals surface area contributed by atoms with Crippen molar-refractivity contribution in [1.82, 2.24) is 9.97 Å². The van der Waals surface area contributed by atoms with Crippen molar-refractivity contribution in [2.24, 2.45) is 0 Å². The molecule has 0 bridgehead atoms. The third-order valence-corrected chi connectivity index (χ3v) is 4.93. The predicted octanol–water partition coefficient (Wildman–Crippen LogP) is 3.70. The Bertz CT molecular complexity index is 552. The first-order valence-corrected chi connectivity index (χ1v) is 8.63. The predicted molar refractivity (Wildman–Crippen MR) is 82.9 cm³/mol. The van der Waals surface area contributed by atoms with Gasteiger partial charge in [-0.15, -0.1) is 11.3 Å². The molecule has 100 valence electrons. The van der Waals surface area contributed by atoms with Crippen LogP contribution in [0.4, 0.5) is 5.82 Å². The second kappa shape index (κ2) is 5.92. The molecule has 2 aromatic rings. The number of nitrogens with one attached hydrogen (secondary N) is 1. The molecule has 19 heavy (non-hydrogen) atoms. The van der Waals surface area contributed by atoms with E-state index in [1.807, 2.05) is 11.8 Å². The van der Waals surface area contributed by atoms with Crippen LogP contribution in [0.5, 0.6) is 0 Å². The van der Waals surface area contributed by atoms with E-state index < -0.39 is 0 Å². The van der Waals surface area contributed by atoms with E-state index in [1.165, 1.54) is 16.1 Å². The molecule has 1 aliphatic heterocycles. The number of thiophene rings is 1. The second-order valence-electron chi connectivity index (χ2n) is 4.59. The van der Waals surface area contributed by atoms with Gasteiger partial charge in [0.05, 0.1) is 5.69 Å². The molecule has 1 N–H and O–H groups in total. The normalized spacial score (nSPS) is 13.5. The van der Waals surface area contributed by atoms with E-state index in [4.69, 9.17) is 9.97 Å². The van der Waals surface area contributed by atoms with Gasteiger partial charge in [0.1, 0.15) is 11.6 Å². The quantitative estimate of drug-likeness (QED) is 0.911. The first-order valence-electron chi connectivity index (χ1n) is 6.59.